The van der Waals surface area contributed by atoms with Crippen LogP contribution in [-0.4, -0.2) is 17.7 Å². The number of halogens is 2. The lowest BCUT2D eigenvalue weighted by molar-refractivity contribution is -0.115. The molecule has 1 aliphatic heterocycles. The third kappa shape index (κ3) is 5.06. The Balaban J connectivity index is 1.85. The van der Waals surface area contributed by atoms with Crippen molar-refractivity contribution in [3.8, 4) is 11.5 Å². The van der Waals surface area contributed by atoms with Crippen LogP contribution in [0, 0.1) is 5.41 Å². The van der Waals surface area contributed by atoms with Crippen LogP contribution >= 0.6 is 39.3 Å². The van der Waals surface area contributed by atoms with E-state index in [2.05, 4.69) is 21.2 Å². The highest BCUT2D eigenvalue weighted by molar-refractivity contribution is 9.10. The first kappa shape index (κ1) is 19.8. The Bertz CT molecular complexity index is 916. The molecule has 1 heterocycles. The molecule has 0 aromatic heterocycles. The van der Waals surface area contributed by atoms with E-state index >= 15 is 0 Å². The second kappa shape index (κ2) is 8.82. The van der Waals surface area contributed by atoms with E-state index in [0.29, 0.717) is 39.1 Å². The number of hydrogen-bond acceptors (Lipinski definition) is 5. The molecule has 1 aliphatic rings. The van der Waals surface area contributed by atoms with E-state index in [4.69, 9.17) is 26.5 Å². The monoisotopic (exact) mass is 466 g/mol. The van der Waals surface area contributed by atoms with Gasteiger partial charge in [0.2, 0.25) is 0 Å². The van der Waals surface area contributed by atoms with Crippen molar-refractivity contribution in [1.29, 1.82) is 5.41 Å². The number of carbonyl (C=O) groups excluding carboxylic acids is 1. The molecular formula is C19H16BrClN2O3S. The Kier molecular flexibility index (Phi) is 6.46. The Hall–Kier alpha value is -1.96. The van der Waals surface area contributed by atoms with Crippen molar-refractivity contribution < 1.29 is 14.3 Å². The van der Waals surface area contributed by atoms with Gasteiger partial charge in [0.25, 0.3) is 5.91 Å². The summed E-state index contributed by atoms with van der Waals surface area (Å²) in [5, 5.41) is 10.8. The number of rotatable bonds is 6. The van der Waals surface area contributed by atoms with E-state index in [-0.39, 0.29) is 11.1 Å². The molecule has 1 amide bonds. The fourth-order valence-electron chi connectivity index (χ4n) is 2.40. The third-order valence-electron chi connectivity index (χ3n) is 3.59. The molecule has 0 saturated carbocycles. The van der Waals surface area contributed by atoms with Crippen LogP contribution in [0.2, 0.25) is 5.02 Å². The van der Waals surface area contributed by atoms with Gasteiger partial charge in [-0.3, -0.25) is 10.2 Å². The van der Waals surface area contributed by atoms with Gasteiger partial charge in [0.15, 0.2) is 16.7 Å². The molecule has 0 spiro atoms. The van der Waals surface area contributed by atoms with E-state index in [0.717, 1.165) is 22.9 Å². The predicted octanol–water partition coefficient (Wildman–Crippen LogP) is 5.22. The van der Waals surface area contributed by atoms with Crippen LogP contribution in [0.3, 0.4) is 0 Å². The number of benzene rings is 2. The molecule has 140 valence electrons. The first-order chi connectivity index (χ1) is 13.0. The van der Waals surface area contributed by atoms with Crippen molar-refractivity contribution >= 4 is 56.4 Å². The van der Waals surface area contributed by atoms with Gasteiger partial charge in [-0.2, -0.15) is 0 Å². The molecule has 2 N–H and O–H groups in total. The van der Waals surface area contributed by atoms with Crippen LogP contribution in [0.25, 0.3) is 6.08 Å². The maximum absolute atomic E-state index is 11.8. The Labute approximate surface area is 174 Å². The summed E-state index contributed by atoms with van der Waals surface area (Å²) >= 11 is 10.5. The molecular weight excluding hydrogens is 452 g/mol. The largest absolute Gasteiger partial charge is 0.490 e. The lowest BCUT2D eigenvalue weighted by atomic mass is 10.1. The van der Waals surface area contributed by atoms with Crippen molar-refractivity contribution in [2.45, 2.75) is 13.5 Å². The van der Waals surface area contributed by atoms with Gasteiger partial charge in [-0.05, 0) is 76.1 Å². The lowest BCUT2D eigenvalue weighted by Crippen LogP contribution is -2.18. The van der Waals surface area contributed by atoms with E-state index in [1.54, 1.807) is 6.08 Å². The quantitative estimate of drug-likeness (QED) is 0.572. The number of thioether (sulfide) groups is 1. The van der Waals surface area contributed by atoms with Gasteiger partial charge in [-0.25, -0.2) is 0 Å². The summed E-state index contributed by atoms with van der Waals surface area (Å²) in [6, 6.07) is 11.1. The highest BCUT2D eigenvalue weighted by Crippen LogP contribution is 2.39. The topological polar surface area (TPSA) is 71.4 Å². The SMILES string of the molecule is CCOc1cc(C=C2SC(=N)NC2=O)cc(Br)c1OCc1ccc(Cl)cc1. The highest BCUT2D eigenvalue weighted by Gasteiger charge is 2.22. The lowest BCUT2D eigenvalue weighted by Gasteiger charge is -2.15. The Morgan fingerprint density at radius 2 is 2.00 bits per heavy atom. The molecule has 0 radical (unpaired) electrons. The molecule has 2 aromatic rings. The fraction of sp³-hybridized carbons (Fsp3) is 0.158. The minimum absolute atomic E-state index is 0.123. The number of amidine groups is 1. The molecule has 1 saturated heterocycles. The van der Waals surface area contributed by atoms with Gasteiger partial charge in [0, 0.05) is 5.02 Å². The molecule has 0 bridgehead atoms. The van der Waals surface area contributed by atoms with Crippen LogP contribution in [0.1, 0.15) is 18.1 Å². The molecule has 8 heteroatoms. The summed E-state index contributed by atoms with van der Waals surface area (Å²) in [7, 11) is 0. The maximum Gasteiger partial charge on any atom is 0.264 e. The van der Waals surface area contributed by atoms with Gasteiger partial charge < -0.3 is 14.8 Å². The number of ether oxygens (including phenoxy) is 2. The first-order valence-electron chi connectivity index (χ1n) is 8.09. The summed E-state index contributed by atoms with van der Waals surface area (Å²) in [5.41, 5.74) is 1.76. The maximum atomic E-state index is 11.8. The zero-order valence-electron chi connectivity index (χ0n) is 14.3. The van der Waals surface area contributed by atoms with Gasteiger partial charge in [-0.1, -0.05) is 23.7 Å². The molecule has 5 nitrogen and oxygen atoms in total. The van der Waals surface area contributed by atoms with E-state index in [1.807, 2.05) is 43.3 Å². The predicted molar refractivity (Wildman–Crippen MR) is 113 cm³/mol. The van der Waals surface area contributed by atoms with Gasteiger partial charge >= 0.3 is 0 Å². The standard InChI is InChI=1S/C19H16BrClN2O3S/c1-2-25-15-8-12(9-16-18(24)23-19(22)27-16)7-14(20)17(15)26-10-11-3-5-13(21)6-4-11/h3-9H,2,10H2,1H3,(H2,22,23,24). The van der Waals surface area contributed by atoms with Crippen LogP contribution < -0.4 is 14.8 Å². The highest BCUT2D eigenvalue weighted by atomic mass is 79.9. The van der Waals surface area contributed by atoms with E-state index in [1.165, 1.54) is 0 Å². The second-order valence-corrected chi connectivity index (χ2v) is 7.92. The number of nitrogens with one attached hydrogen (secondary N) is 2. The smallest absolute Gasteiger partial charge is 0.264 e. The molecule has 3 rings (SSSR count). The molecule has 0 aliphatic carbocycles. The minimum atomic E-state index is -0.276. The molecule has 27 heavy (non-hydrogen) atoms. The van der Waals surface area contributed by atoms with Gasteiger partial charge in [-0.15, -0.1) is 0 Å². The van der Waals surface area contributed by atoms with E-state index in [9.17, 15) is 4.79 Å². The molecule has 0 unspecified atom stereocenters. The zero-order valence-corrected chi connectivity index (χ0v) is 17.5. The number of carbonyl (C=O) groups is 1. The van der Waals surface area contributed by atoms with Crippen molar-refractivity contribution in [2.24, 2.45) is 0 Å². The summed E-state index contributed by atoms with van der Waals surface area (Å²) in [4.78, 5) is 12.3. The normalized spacial score (nSPS) is 15.1. The summed E-state index contributed by atoms with van der Waals surface area (Å²) < 4.78 is 12.4. The van der Waals surface area contributed by atoms with Crippen molar-refractivity contribution in [2.75, 3.05) is 6.61 Å². The average Bonchev–Trinajstić information content (AvgIpc) is 2.93. The summed E-state index contributed by atoms with van der Waals surface area (Å²) in [5.74, 6) is 0.888. The van der Waals surface area contributed by atoms with Crippen LogP contribution in [0.4, 0.5) is 0 Å². The number of hydrogen-bond donors (Lipinski definition) is 2. The Morgan fingerprint density at radius 3 is 2.63 bits per heavy atom. The average molecular weight is 468 g/mol. The van der Waals surface area contributed by atoms with Crippen LogP contribution in [-0.2, 0) is 11.4 Å². The van der Waals surface area contributed by atoms with E-state index < -0.39 is 0 Å². The molecule has 2 aromatic carbocycles. The molecule has 1 fully saturated rings. The Morgan fingerprint density at radius 1 is 1.26 bits per heavy atom. The van der Waals surface area contributed by atoms with Crippen molar-refractivity contribution in [1.82, 2.24) is 5.32 Å². The van der Waals surface area contributed by atoms with Crippen molar-refractivity contribution in [3.05, 3.63) is 61.9 Å². The van der Waals surface area contributed by atoms with Crippen molar-refractivity contribution in [3.63, 3.8) is 0 Å². The van der Waals surface area contributed by atoms with Crippen LogP contribution in [0.5, 0.6) is 11.5 Å². The fourth-order valence-corrected chi connectivity index (χ4v) is 3.81. The summed E-state index contributed by atoms with van der Waals surface area (Å²) in [6.07, 6.45) is 1.72. The van der Waals surface area contributed by atoms with Gasteiger partial charge in [0.1, 0.15) is 6.61 Å². The molecule has 0 atom stereocenters. The minimum Gasteiger partial charge on any atom is -0.490 e. The second-order valence-electron chi connectivity index (χ2n) is 5.57. The third-order valence-corrected chi connectivity index (χ3v) is 5.26. The number of amides is 1. The summed E-state index contributed by atoms with van der Waals surface area (Å²) in [6.45, 7) is 2.74. The van der Waals surface area contributed by atoms with Gasteiger partial charge in [0.05, 0.1) is 16.0 Å². The van der Waals surface area contributed by atoms with Crippen LogP contribution in [0.15, 0.2) is 45.8 Å². The zero-order chi connectivity index (χ0) is 19.4. The first-order valence-corrected chi connectivity index (χ1v) is 10.1.